The molecule has 2 aliphatic heterocycles. The summed E-state index contributed by atoms with van der Waals surface area (Å²) < 4.78 is 38.9. The summed E-state index contributed by atoms with van der Waals surface area (Å²) in [6.07, 6.45) is 3.52. The summed E-state index contributed by atoms with van der Waals surface area (Å²) in [4.78, 5) is 13.7. The molecular formula is C30H34N2O5S. The molecule has 2 fully saturated rings. The number of sulfonamides is 1. The lowest BCUT2D eigenvalue weighted by molar-refractivity contribution is -0.118. The average Bonchev–Trinajstić information content (AvgIpc) is 3.60. The molecule has 0 aromatic heterocycles. The first-order chi connectivity index (χ1) is 18.3. The number of hydrogen-bond donors (Lipinski definition) is 1. The highest BCUT2D eigenvalue weighted by molar-refractivity contribution is 7.89. The fraction of sp³-hybridized carbons (Fsp3) is 0.367. The van der Waals surface area contributed by atoms with Gasteiger partial charge in [-0.25, -0.2) is 8.42 Å². The van der Waals surface area contributed by atoms with E-state index < -0.39 is 15.4 Å². The maximum absolute atomic E-state index is 13.4. The number of benzene rings is 3. The van der Waals surface area contributed by atoms with Gasteiger partial charge in [-0.1, -0.05) is 31.2 Å². The summed E-state index contributed by atoms with van der Waals surface area (Å²) in [5.41, 5.74) is 3.98. The first-order valence-electron chi connectivity index (χ1n) is 13.2. The van der Waals surface area contributed by atoms with Crippen molar-refractivity contribution >= 4 is 21.6 Å². The van der Waals surface area contributed by atoms with Crippen molar-refractivity contribution in [3.05, 3.63) is 71.8 Å². The quantitative estimate of drug-likeness (QED) is 0.437. The molecule has 3 aromatic rings. The topological polar surface area (TPSA) is 84.9 Å². The number of piperidine rings is 1. The summed E-state index contributed by atoms with van der Waals surface area (Å²) in [7, 11) is -3.51. The highest BCUT2D eigenvalue weighted by Gasteiger charge is 2.51. The Morgan fingerprint density at radius 3 is 2.53 bits per heavy atom. The predicted molar refractivity (Wildman–Crippen MR) is 148 cm³/mol. The van der Waals surface area contributed by atoms with Crippen LogP contribution >= 0.6 is 0 Å². The Balaban J connectivity index is 0.00000308. The number of nitrogens with one attached hydrogen (secondary N) is 1. The van der Waals surface area contributed by atoms with Crippen LogP contribution < -0.4 is 14.8 Å². The van der Waals surface area contributed by atoms with E-state index >= 15 is 0 Å². The lowest BCUT2D eigenvalue weighted by Crippen LogP contribution is -2.39. The minimum atomic E-state index is -3.51. The van der Waals surface area contributed by atoms with Crippen LogP contribution in [-0.4, -0.2) is 38.5 Å². The molecule has 1 saturated carbocycles. The molecule has 38 heavy (non-hydrogen) atoms. The molecule has 7 nitrogen and oxygen atoms in total. The van der Waals surface area contributed by atoms with Gasteiger partial charge in [-0.05, 0) is 97.2 Å². The highest BCUT2D eigenvalue weighted by Crippen LogP contribution is 2.51. The summed E-state index contributed by atoms with van der Waals surface area (Å²) in [5, 5.41) is 3.12. The Hall–Kier alpha value is -3.36. The zero-order chi connectivity index (χ0) is 26.5. The van der Waals surface area contributed by atoms with Crippen LogP contribution in [0.25, 0.3) is 11.1 Å². The second-order valence-corrected chi connectivity index (χ2v) is 12.7. The van der Waals surface area contributed by atoms with Gasteiger partial charge >= 0.3 is 0 Å². The minimum absolute atomic E-state index is 0. The number of hydrogen-bond acceptors (Lipinski definition) is 5. The number of carbonyl (C=O) groups excluding carboxylic acids is 1. The maximum atomic E-state index is 13.4. The minimum Gasteiger partial charge on any atom is -0.454 e. The normalized spacial score (nSPS) is 20.2. The summed E-state index contributed by atoms with van der Waals surface area (Å²) >= 11 is 0. The molecule has 6 rings (SSSR count). The standard InChI is InChI=1S/C30H32N2O5S.H2/c1-20-4-3-15-32(18-20)38(34,35)25-10-6-22(7-11-25)26-17-24(9-5-21(26)2)31-29(33)30(13-14-30)23-8-12-27-28(16-23)37-19-36-27;/h5-12,16-17,20H,3-4,13-15,18-19H2,1-2H3,(H,31,33);1H. The second kappa shape index (κ2) is 9.43. The number of fused-ring (bicyclic) bond motifs is 1. The van der Waals surface area contributed by atoms with Crippen LogP contribution in [0.2, 0.25) is 0 Å². The zero-order valence-corrected chi connectivity index (χ0v) is 22.5. The molecule has 1 atom stereocenters. The fourth-order valence-electron chi connectivity index (χ4n) is 5.55. The largest absolute Gasteiger partial charge is 0.454 e. The molecule has 1 aliphatic carbocycles. The fourth-order valence-corrected chi connectivity index (χ4v) is 7.15. The molecule has 1 N–H and O–H groups in total. The van der Waals surface area contributed by atoms with Gasteiger partial charge in [-0.15, -0.1) is 0 Å². The number of amides is 1. The van der Waals surface area contributed by atoms with E-state index in [0.29, 0.717) is 41.1 Å². The van der Waals surface area contributed by atoms with Crippen LogP contribution in [0, 0.1) is 12.8 Å². The van der Waals surface area contributed by atoms with Crippen LogP contribution in [0.4, 0.5) is 5.69 Å². The maximum Gasteiger partial charge on any atom is 0.243 e. The molecule has 0 radical (unpaired) electrons. The first kappa shape index (κ1) is 24.9. The van der Waals surface area contributed by atoms with Crippen molar-refractivity contribution in [2.24, 2.45) is 5.92 Å². The Morgan fingerprint density at radius 1 is 1.03 bits per heavy atom. The average molecular weight is 535 g/mol. The van der Waals surface area contributed by atoms with Gasteiger partial charge in [0.25, 0.3) is 0 Å². The van der Waals surface area contributed by atoms with Gasteiger partial charge in [0.15, 0.2) is 11.5 Å². The molecular weight excluding hydrogens is 500 g/mol. The van der Waals surface area contributed by atoms with Gasteiger partial charge in [0.2, 0.25) is 22.7 Å². The lowest BCUT2D eigenvalue weighted by Gasteiger charge is -2.30. The van der Waals surface area contributed by atoms with E-state index in [9.17, 15) is 13.2 Å². The van der Waals surface area contributed by atoms with Crippen molar-refractivity contribution in [3.63, 3.8) is 0 Å². The van der Waals surface area contributed by atoms with E-state index in [1.807, 2.05) is 55.5 Å². The Bertz CT molecular complexity index is 1500. The van der Waals surface area contributed by atoms with Crippen molar-refractivity contribution in [1.82, 2.24) is 4.31 Å². The molecule has 1 unspecified atom stereocenters. The van der Waals surface area contributed by atoms with Crippen LogP contribution in [0.1, 0.15) is 45.2 Å². The van der Waals surface area contributed by atoms with E-state index in [2.05, 4.69) is 12.2 Å². The van der Waals surface area contributed by atoms with Crippen LogP contribution in [0.3, 0.4) is 0 Å². The van der Waals surface area contributed by atoms with Gasteiger partial charge in [-0.3, -0.25) is 4.79 Å². The van der Waals surface area contributed by atoms with Crippen molar-refractivity contribution < 1.29 is 24.1 Å². The molecule has 2 heterocycles. The molecule has 200 valence electrons. The number of rotatable bonds is 6. The van der Waals surface area contributed by atoms with E-state index in [-0.39, 0.29) is 14.1 Å². The van der Waals surface area contributed by atoms with Crippen LogP contribution in [-0.2, 0) is 20.2 Å². The summed E-state index contributed by atoms with van der Waals surface area (Å²) in [5.74, 6) is 1.72. The predicted octanol–water partition coefficient (Wildman–Crippen LogP) is 5.73. The van der Waals surface area contributed by atoms with Crippen molar-refractivity contribution in [2.45, 2.75) is 49.8 Å². The summed E-state index contributed by atoms with van der Waals surface area (Å²) in [6.45, 7) is 5.45. The highest BCUT2D eigenvalue weighted by atomic mass is 32.2. The monoisotopic (exact) mass is 534 g/mol. The number of ether oxygens (including phenoxy) is 2. The molecule has 0 bridgehead atoms. The number of nitrogens with zero attached hydrogens (tertiary/aromatic N) is 1. The zero-order valence-electron chi connectivity index (χ0n) is 21.7. The smallest absolute Gasteiger partial charge is 0.243 e. The molecule has 0 spiro atoms. The molecule has 1 saturated heterocycles. The van der Waals surface area contributed by atoms with Crippen molar-refractivity contribution in [3.8, 4) is 22.6 Å². The number of aryl methyl sites for hydroxylation is 1. The Kier molecular flexibility index (Phi) is 6.19. The van der Waals surface area contributed by atoms with E-state index in [0.717, 1.165) is 47.9 Å². The second-order valence-electron chi connectivity index (χ2n) is 10.8. The van der Waals surface area contributed by atoms with Crippen molar-refractivity contribution in [2.75, 3.05) is 25.2 Å². The molecule has 3 aliphatic rings. The van der Waals surface area contributed by atoms with Gasteiger partial charge in [0.05, 0.1) is 10.3 Å². The van der Waals surface area contributed by atoms with Gasteiger partial charge < -0.3 is 14.8 Å². The van der Waals surface area contributed by atoms with Crippen LogP contribution in [0.15, 0.2) is 65.6 Å². The van der Waals surface area contributed by atoms with E-state index in [1.165, 1.54) is 0 Å². The third-order valence-corrected chi connectivity index (χ3v) is 9.91. The molecule has 8 heteroatoms. The Morgan fingerprint density at radius 2 is 1.79 bits per heavy atom. The van der Waals surface area contributed by atoms with Crippen LogP contribution in [0.5, 0.6) is 11.5 Å². The molecule has 3 aromatic carbocycles. The summed E-state index contributed by atoms with van der Waals surface area (Å²) in [6, 6.07) is 18.6. The van der Waals surface area contributed by atoms with E-state index in [4.69, 9.17) is 9.47 Å². The lowest BCUT2D eigenvalue weighted by atomic mass is 9.94. The first-order valence-corrected chi connectivity index (χ1v) is 14.6. The van der Waals surface area contributed by atoms with Gasteiger partial charge in [0, 0.05) is 20.2 Å². The molecule has 1 amide bonds. The third-order valence-electron chi connectivity index (χ3n) is 8.03. The number of carbonyl (C=O) groups is 1. The SMILES string of the molecule is Cc1ccc(NC(=O)C2(c3ccc4c(c3)OCO4)CC2)cc1-c1ccc(S(=O)(=O)N2CCCC(C)C2)cc1.[HH]. The third kappa shape index (κ3) is 4.46. The van der Waals surface area contributed by atoms with Gasteiger partial charge in [0.1, 0.15) is 0 Å². The Labute approximate surface area is 225 Å². The van der Waals surface area contributed by atoms with Crippen molar-refractivity contribution in [1.29, 1.82) is 0 Å². The van der Waals surface area contributed by atoms with E-state index in [1.54, 1.807) is 16.4 Å². The number of anilines is 1. The van der Waals surface area contributed by atoms with Gasteiger partial charge in [-0.2, -0.15) is 4.31 Å².